The van der Waals surface area contributed by atoms with Crippen LogP contribution in [-0.2, 0) is 17.9 Å². The number of hydrogen-bond donors (Lipinski definition) is 2. The smallest absolute Gasteiger partial charge is 0.406 e. The van der Waals surface area contributed by atoms with Crippen molar-refractivity contribution in [1.82, 2.24) is 20.0 Å². The molecule has 0 saturated heterocycles. The summed E-state index contributed by atoms with van der Waals surface area (Å²) in [6.45, 7) is 4.10. The Labute approximate surface area is 211 Å². The van der Waals surface area contributed by atoms with Crippen molar-refractivity contribution in [3.05, 3.63) is 52.4 Å². The lowest BCUT2D eigenvalue weighted by Crippen LogP contribution is -2.44. The molecule has 0 spiro atoms. The van der Waals surface area contributed by atoms with Gasteiger partial charge in [0, 0.05) is 18.1 Å². The number of carbonyl (C=O) groups is 1. The summed E-state index contributed by atoms with van der Waals surface area (Å²) in [4.78, 5) is 18.4. The van der Waals surface area contributed by atoms with Crippen LogP contribution in [0.4, 0.5) is 30.4 Å². The summed E-state index contributed by atoms with van der Waals surface area (Å²) in [7, 11) is 1.85. The molecule has 14 heteroatoms. The van der Waals surface area contributed by atoms with Crippen LogP contribution in [0.15, 0.2) is 30.5 Å². The van der Waals surface area contributed by atoms with Crippen molar-refractivity contribution in [1.29, 1.82) is 0 Å². The van der Waals surface area contributed by atoms with Crippen molar-refractivity contribution >= 4 is 48.2 Å². The molecule has 0 radical (unpaired) electrons. The van der Waals surface area contributed by atoms with E-state index in [1.807, 2.05) is 31.9 Å². The maximum atomic E-state index is 12.5. The van der Waals surface area contributed by atoms with E-state index in [4.69, 9.17) is 11.6 Å². The number of pyridine rings is 1. The number of hydrogen-bond acceptors (Lipinski definition) is 7. The van der Waals surface area contributed by atoms with Crippen LogP contribution in [0, 0.1) is 6.92 Å². The van der Waals surface area contributed by atoms with E-state index in [2.05, 4.69) is 30.7 Å². The molecular formula is C21H23ClF3N7O2S. The Hall–Kier alpha value is -3.19. The number of nitrogens with one attached hydrogen (secondary N) is 2. The number of aromatic nitrogens is 4. The van der Waals surface area contributed by atoms with Gasteiger partial charge in [-0.25, -0.2) is 9.67 Å². The molecule has 1 atom stereocenters. The van der Waals surface area contributed by atoms with E-state index in [0.29, 0.717) is 35.0 Å². The molecule has 188 valence electrons. The van der Waals surface area contributed by atoms with E-state index < -0.39 is 12.1 Å². The van der Waals surface area contributed by atoms with Crippen molar-refractivity contribution in [2.24, 2.45) is 0 Å². The molecule has 2 N–H and O–H groups in total. The standard InChI is InChI=1S/C21H21ClF3N7O2.H2S/c1-11-19-17(31(3)12(2)20(33)28-19)7-18(27-11)26-8-15-10-32(30-29-15)9-13-4-14(22)6-16(5-13)34-21(23,24)25;/h4-7,10,12H,8-9H2,1-3H3,(H,26,27)(H,28,33);1H2/t12-;/m0./s1. The Balaban J connectivity index is 0.00000342. The minimum atomic E-state index is -4.81. The molecule has 1 aliphatic rings. The van der Waals surface area contributed by atoms with Crippen molar-refractivity contribution in [3.63, 3.8) is 0 Å². The number of amides is 1. The molecule has 2 aromatic heterocycles. The van der Waals surface area contributed by atoms with E-state index in [-0.39, 0.29) is 37.0 Å². The average molecular weight is 530 g/mol. The van der Waals surface area contributed by atoms with Crippen LogP contribution in [0.5, 0.6) is 5.75 Å². The summed E-state index contributed by atoms with van der Waals surface area (Å²) in [5.41, 5.74) is 3.28. The lowest BCUT2D eigenvalue weighted by Gasteiger charge is -2.34. The Morgan fingerprint density at radius 1 is 1.26 bits per heavy atom. The Bertz CT molecular complexity index is 1240. The summed E-state index contributed by atoms with van der Waals surface area (Å²) < 4.78 is 43.0. The zero-order chi connectivity index (χ0) is 24.6. The zero-order valence-electron chi connectivity index (χ0n) is 18.9. The largest absolute Gasteiger partial charge is 0.573 e. The van der Waals surface area contributed by atoms with Crippen molar-refractivity contribution in [2.45, 2.75) is 39.3 Å². The molecule has 3 aromatic rings. The number of nitrogens with zero attached hydrogens (tertiary/aromatic N) is 5. The van der Waals surface area contributed by atoms with Gasteiger partial charge in [-0.2, -0.15) is 13.5 Å². The van der Waals surface area contributed by atoms with Crippen LogP contribution in [0.2, 0.25) is 5.02 Å². The van der Waals surface area contributed by atoms with Gasteiger partial charge in [-0.05, 0) is 37.6 Å². The molecule has 0 fully saturated rings. The Morgan fingerprint density at radius 2 is 2.00 bits per heavy atom. The third kappa shape index (κ3) is 6.28. The maximum Gasteiger partial charge on any atom is 0.573 e. The van der Waals surface area contributed by atoms with Gasteiger partial charge in [-0.3, -0.25) is 4.79 Å². The molecule has 0 bridgehead atoms. The van der Waals surface area contributed by atoms with Crippen LogP contribution in [0.3, 0.4) is 0 Å². The monoisotopic (exact) mass is 529 g/mol. The highest BCUT2D eigenvalue weighted by Gasteiger charge is 2.31. The number of ether oxygens (including phenoxy) is 1. The Morgan fingerprint density at radius 3 is 2.71 bits per heavy atom. The van der Waals surface area contributed by atoms with Gasteiger partial charge in [0.25, 0.3) is 0 Å². The highest BCUT2D eigenvalue weighted by Crippen LogP contribution is 2.35. The molecule has 1 aromatic carbocycles. The fourth-order valence-electron chi connectivity index (χ4n) is 3.56. The molecule has 1 aliphatic heterocycles. The lowest BCUT2D eigenvalue weighted by molar-refractivity contribution is -0.274. The van der Waals surface area contributed by atoms with Crippen LogP contribution >= 0.6 is 25.1 Å². The highest BCUT2D eigenvalue weighted by atomic mass is 35.5. The van der Waals surface area contributed by atoms with Gasteiger partial charge >= 0.3 is 6.36 Å². The van der Waals surface area contributed by atoms with Gasteiger partial charge in [0.2, 0.25) is 5.91 Å². The number of anilines is 3. The van der Waals surface area contributed by atoms with E-state index in [1.165, 1.54) is 16.8 Å². The number of aryl methyl sites for hydroxylation is 1. The SMILES string of the molecule is Cc1nc(NCc2cn(Cc3cc(Cl)cc(OC(F)(F)F)c3)nn2)cc2c1NC(=O)[C@H](C)N2C.S. The first kappa shape index (κ1) is 26.4. The van der Waals surface area contributed by atoms with Gasteiger partial charge in [0.05, 0.1) is 36.4 Å². The maximum absolute atomic E-state index is 12.5. The predicted octanol–water partition coefficient (Wildman–Crippen LogP) is 4.08. The van der Waals surface area contributed by atoms with Crippen LogP contribution in [0.1, 0.15) is 23.9 Å². The molecule has 35 heavy (non-hydrogen) atoms. The third-order valence-corrected chi connectivity index (χ3v) is 5.53. The number of likely N-dealkylation sites (N-methyl/N-ethyl adjacent to an activating group) is 1. The van der Waals surface area contributed by atoms with E-state index in [0.717, 1.165) is 11.8 Å². The third-order valence-electron chi connectivity index (χ3n) is 5.31. The van der Waals surface area contributed by atoms with E-state index in [9.17, 15) is 18.0 Å². The molecule has 0 aliphatic carbocycles. The highest BCUT2D eigenvalue weighted by molar-refractivity contribution is 7.59. The zero-order valence-corrected chi connectivity index (χ0v) is 20.7. The summed E-state index contributed by atoms with van der Waals surface area (Å²) in [6.07, 6.45) is -3.15. The summed E-state index contributed by atoms with van der Waals surface area (Å²) in [5.74, 6) is 0.111. The summed E-state index contributed by atoms with van der Waals surface area (Å²) in [5, 5.41) is 14.3. The van der Waals surface area contributed by atoms with Gasteiger partial charge in [-0.1, -0.05) is 16.8 Å². The first-order valence-electron chi connectivity index (χ1n) is 10.2. The fraction of sp³-hybridized carbons (Fsp3) is 0.333. The predicted molar refractivity (Wildman–Crippen MR) is 130 cm³/mol. The average Bonchev–Trinajstić information content (AvgIpc) is 3.17. The topological polar surface area (TPSA) is 97.2 Å². The minimum Gasteiger partial charge on any atom is -0.406 e. The number of fused-ring (bicyclic) bond motifs is 1. The molecule has 0 unspecified atom stereocenters. The number of carbonyl (C=O) groups excluding carboxylic acids is 1. The molecular weight excluding hydrogens is 507 g/mol. The molecule has 9 nitrogen and oxygen atoms in total. The molecule has 1 amide bonds. The molecule has 0 saturated carbocycles. The van der Waals surface area contributed by atoms with Gasteiger partial charge < -0.3 is 20.3 Å². The quantitative estimate of drug-likeness (QED) is 0.496. The second kappa shape index (κ2) is 10.2. The van der Waals surface area contributed by atoms with Gasteiger partial charge in [0.15, 0.2) is 0 Å². The normalized spacial score (nSPS) is 15.2. The number of halogens is 4. The first-order valence-corrected chi connectivity index (χ1v) is 10.6. The number of benzene rings is 1. The molecule has 4 rings (SSSR count). The van der Waals surface area contributed by atoms with Crippen LogP contribution in [0.25, 0.3) is 0 Å². The number of rotatable bonds is 6. The van der Waals surface area contributed by atoms with Crippen molar-refractivity contribution in [3.8, 4) is 5.75 Å². The summed E-state index contributed by atoms with van der Waals surface area (Å²) in [6, 6.07) is 5.40. The number of alkyl halides is 3. The van der Waals surface area contributed by atoms with E-state index in [1.54, 1.807) is 6.20 Å². The second-order valence-electron chi connectivity index (χ2n) is 7.87. The van der Waals surface area contributed by atoms with Crippen LogP contribution < -0.4 is 20.3 Å². The Kier molecular flexibility index (Phi) is 7.70. The van der Waals surface area contributed by atoms with Gasteiger partial charge in [0.1, 0.15) is 23.3 Å². The van der Waals surface area contributed by atoms with Crippen LogP contribution in [-0.4, -0.2) is 45.3 Å². The van der Waals surface area contributed by atoms with Gasteiger partial charge in [-0.15, -0.1) is 18.3 Å². The fourth-order valence-corrected chi connectivity index (χ4v) is 3.81. The summed E-state index contributed by atoms with van der Waals surface area (Å²) >= 11 is 5.92. The minimum absolute atomic E-state index is 0. The van der Waals surface area contributed by atoms with Crippen molar-refractivity contribution < 1.29 is 22.7 Å². The first-order chi connectivity index (χ1) is 16.0. The lowest BCUT2D eigenvalue weighted by atomic mass is 10.1. The second-order valence-corrected chi connectivity index (χ2v) is 8.30. The van der Waals surface area contributed by atoms with E-state index >= 15 is 0 Å². The molecule has 3 heterocycles. The van der Waals surface area contributed by atoms with Crippen molar-refractivity contribution in [2.75, 3.05) is 22.6 Å².